The summed E-state index contributed by atoms with van der Waals surface area (Å²) < 4.78 is 0. The van der Waals surface area contributed by atoms with E-state index in [2.05, 4.69) is 51.2 Å². The molecule has 0 saturated heterocycles. The van der Waals surface area contributed by atoms with Gasteiger partial charge in [0.2, 0.25) is 0 Å². The molecule has 2 aromatic rings. The molecular weight excluding hydrogens is 284 g/mol. The number of nitrogens with zero attached hydrogens (tertiary/aromatic N) is 2. The van der Waals surface area contributed by atoms with Crippen molar-refractivity contribution < 1.29 is 0 Å². The Labute approximate surface area is 108 Å². The number of halogens is 1. The van der Waals surface area contributed by atoms with E-state index in [0.29, 0.717) is 10.7 Å². The molecule has 1 atom stereocenters. The molecule has 0 spiro atoms. The molecule has 0 aliphatic carbocycles. The van der Waals surface area contributed by atoms with Gasteiger partial charge < -0.3 is 0 Å². The molecule has 2 heterocycles. The van der Waals surface area contributed by atoms with E-state index in [1.54, 1.807) is 17.7 Å². The van der Waals surface area contributed by atoms with Crippen molar-refractivity contribution in [1.82, 2.24) is 9.97 Å². The van der Waals surface area contributed by atoms with E-state index in [9.17, 15) is 0 Å². The number of fused-ring (bicyclic) bond motifs is 1. The van der Waals surface area contributed by atoms with Crippen LogP contribution >= 0.6 is 27.3 Å². The Bertz CT molecular complexity index is 467. The minimum Gasteiger partial charge on any atom is -0.241 e. The third-order valence-corrected chi connectivity index (χ3v) is 4.00. The largest absolute Gasteiger partial charge is 0.241 e. The lowest BCUT2D eigenvalue weighted by atomic mass is 10.0. The van der Waals surface area contributed by atoms with Crippen LogP contribution in [-0.4, -0.2) is 14.8 Å². The summed E-state index contributed by atoms with van der Waals surface area (Å²) in [6.45, 7) is 4.49. The molecule has 16 heavy (non-hydrogen) atoms. The Morgan fingerprint density at radius 2 is 2.19 bits per heavy atom. The molecule has 0 aliphatic rings. The van der Waals surface area contributed by atoms with Crippen LogP contribution in [0.15, 0.2) is 17.8 Å². The predicted molar refractivity (Wildman–Crippen MR) is 73.3 cm³/mol. The van der Waals surface area contributed by atoms with E-state index >= 15 is 0 Å². The highest BCUT2D eigenvalue weighted by Crippen LogP contribution is 2.24. The highest BCUT2D eigenvalue weighted by molar-refractivity contribution is 9.09. The molecule has 2 nitrogen and oxygen atoms in total. The molecule has 0 saturated carbocycles. The van der Waals surface area contributed by atoms with Gasteiger partial charge in [-0.1, -0.05) is 29.8 Å². The van der Waals surface area contributed by atoms with Crippen molar-refractivity contribution >= 4 is 37.5 Å². The van der Waals surface area contributed by atoms with Crippen LogP contribution in [0.25, 0.3) is 10.2 Å². The number of hydrogen-bond acceptors (Lipinski definition) is 3. The van der Waals surface area contributed by atoms with Gasteiger partial charge in [0.15, 0.2) is 0 Å². The second-order valence-corrected chi connectivity index (χ2v) is 6.58. The molecule has 0 N–H and O–H groups in total. The van der Waals surface area contributed by atoms with Crippen LogP contribution in [0.4, 0.5) is 0 Å². The van der Waals surface area contributed by atoms with E-state index < -0.39 is 0 Å². The first-order valence-electron chi connectivity index (χ1n) is 5.48. The van der Waals surface area contributed by atoms with Gasteiger partial charge in [-0.15, -0.1) is 11.3 Å². The van der Waals surface area contributed by atoms with Gasteiger partial charge in [-0.2, -0.15) is 0 Å². The molecule has 0 bridgehead atoms. The maximum atomic E-state index is 4.39. The summed E-state index contributed by atoms with van der Waals surface area (Å²) in [6.07, 6.45) is 3.83. The van der Waals surface area contributed by atoms with Gasteiger partial charge in [0, 0.05) is 16.6 Å². The maximum absolute atomic E-state index is 4.39. The summed E-state index contributed by atoms with van der Waals surface area (Å²) in [5.41, 5.74) is 1.16. The monoisotopic (exact) mass is 298 g/mol. The molecular formula is C12H15BrN2S. The van der Waals surface area contributed by atoms with Crippen molar-refractivity contribution in [3.63, 3.8) is 0 Å². The number of thiophene rings is 1. The van der Waals surface area contributed by atoms with Crippen molar-refractivity contribution in [2.45, 2.75) is 31.5 Å². The fourth-order valence-corrected chi connectivity index (χ4v) is 3.62. The zero-order valence-corrected chi connectivity index (χ0v) is 11.9. The van der Waals surface area contributed by atoms with Gasteiger partial charge in [-0.05, 0) is 23.8 Å². The Morgan fingerprint density at radius 1 is 1.38 bits per heavy atom. The zero-order valence-electron chi connectivity index (χ0n) is 9.48. The fourth-order valence-electron chi connectivity index (χ4n) is 1.81. The Morgan fingerprint density at radius 3 is 2.94 bits per heavy atom. The minimum absolute atomic E-state index is 0.505. The second-order valence-electron chi connectivity index (χ2n) is 4.39. The van der Waals surface area contributed by atoms with Crippen LogP contribution in [0, 0.1) is 5.92 Å². The maximum Gasteiger partial charge on any atom is 0.126 e. The first-order valence-corrected chi connectivity index (χ1v) is 7.27. The highest BCUT2D eigenvalue weighted by atomic mass is 79.9. The van der Waals surface area contributed by atoms with Crippen LogP contribution in [0.5, 0.6) is 0 Å². The van der Waals surface area contributed by atoms with E-state index in [0.717, 1.165) is 16.9 Å². The second kappa shape index (κ2) is 5.23. The van der Waals surface area contributed by atoms with Gasteiger partial charge >= 0.3 is 0 Å². The van der Waals surface area contributed by atoms with E-state index in [4.69, 9.17) is 0 Å². The van der Waals surface area contributed by atoms with Gasteiger partial charge in [0.25, 0.3) is 0 Å². The van der Waals surface area contributed by atoms with Gasteiger partial charge in [-0.3, -0.25) is 0 Å². The van der Waals surface area contributed by atoms with Crippen LogP contribution in [0.1, 0.15) is 26.0 Å². The smallest absolute Gasteiger partial charge is 0.126 e. The summed E-state index contributed by atoms with van der Waals surface area (Å²) in [4.78, 5) is 10.3. The third-order valence-electron chi connectivity index (χ3n) is 2.49. The molecule has 0 aliphatic heterocycles. The Balaban J connectivity index is 2.17. The van der Waals surface area contributed by atoms with Crippen molar-refractivity contribution in [1.29, 1.82) is 0 Å². The number of aromatic nitrogens is 2. The van der Waals surface area contributed by atoms with Crippen LogP contribution in [-0.2, 0) is 6.42 Å². The van der Waals surface area contributed by atoms with Crippen molar-refractivity contribution in [3.05, 3.63) is 23.5 Å². The van der Waals surface area contributed by atoms with E-state index in [1.807, 2.05) is 0 Å². The lowest BCUT2D eigenvalue weighted by Gasteiger charge is -2.11. The summed E-state index contributed by atoms with van der Waals surface area (Å²) in [5, 5.41) is 3.29. The quantitative estimate of drug-likeness (QED) is 0.796. The summed E-state index contributed by atoms with van der Waals surface area (Å²) in [7, 11) is 0. The van der Waals surface area contributed by atoms with Crippen LogP contribution in [0.2, 0.25) is 0 Å². The minimum atomic E-state index is 0.505. The average Bonchev–Trinajstić information content (AvgIpc) is 2.65. The fraction of sp³-hybridized carbons (Fsp3) is 0.500. The first kappa shape index (κ1) is 12.0. The van der Waals surface area contributed by atoms with Crippen molar-refractivity contribution in [2.75, 3.05) is 0 Å². The van der Waals surface area contributed by atoms with Gasteiger partial charge in [-0.25, -0.2) is 9.97 Å². The predicted octanol–water partition coefficient (Wildman–Crippen LogP) is 4.04. The molecule has 2 rings (SSSR count). The molecule has 4 heteroatoms. The number of alkyl halides is 1. The highest BCUT2D eigenvalue weighted by Gasteiger charge is 2.12. The Hall–Kier alpha value is -0.480. The zero-order chi connectivity index (χ0) is 11.5. The average molecular weight is 299 g/mol. The third kappa shape index (κ3) is 2.80. The van der Waals surface area contributed by atoms with E-state index in [-0.39, 0.29) is 0 Å². The molecule has 0 radical (unpaired) electrons. The summed E-state index contributed by atoms with van der Waals surface area (Å²) in [5.74, 6) is 0.712. The van der Waals surface area contributed by atoms with E-state index in [1.165, 1.54) is 11.8 Å². The topological polar surface area (TPSA) is 25.8 Å². The molecule has 0 fully saturated rings. The van der Waals surface area contributed by atoms with Crippen LogP contribution in [0.3, 0.4) is 0 Å². The molecule has 0 aromatic carbocycles. The SMILES string of the molecule is CC(C)CC(Br)Cc1ncnc2sccc12. The molecule has 86 valence electrons. The standard InChI is InChI=1S/C12H15BrN2S/c1-8(2)5-9(13)6-11-10-3-4-16-12(10)15-7-14-11/h3-4,7-9H,5-6H2,1-2H3. The van der Waals surface area contributed by atoms with Crippen molar-refractivity contribution in [3.8, 4) is 0 Å². The van der Waals surface area contributed by atoms with Gasteiger partial charge in [0.05, 0.1) is 5.69 Å². The molecule has 0 amide bonds. The summed E-state index contributed by atoms with van der Waals surface area (Å²) in [6, 6.07) is 2.12. The Kier molecular flexibility index (Phi) is 3.92. The number of rotatable bonds is 4. The first-order chi connectivity index (χ1) is 7.66. The molecule has 2 aromatic heterocycles. The van der Waals surface area contributed by atoms with Gasteiger partial charge in [0.1, 0.15) is 11.2 Å². The van der Waals surface area contributed by atoms with Crippen molar-refractivity contribution in [2.24, 2.45) is 5.92 Å². The summed E-state index contributed by atoms with van der Waals surface area (Å²) >= 11 is 5.41. The molecule has 1 unspecified atom stereocenters. The normalized spacial score (nSPS) is 13.5. The number of hydrogen-bond donors (Lipinski definition) is 0. The lowest BCUT2D eigenvalue weighted by molar-refractivity contribution is 0.569. The lowest BCUT2D eigenvalue weighted by Crippen LogP contribution is -2.08. The van der Waals surface area contributed by atoms with Crippen LogP contribution < -0.4 is 0 Å².